The second kappa shape index (κ2) is 11.1. The number of H-pyrrole nitrogens is 1. The SMILES string of the molecule is CN(C)CCN(C)c1nccc(-c2c[nH]c(=O)c(NC(=O)c3ccc(N4CCCCC4)cc3)c2)n1. The van der Waals surface area contributed by atoms with Gasteiger partial charge >= 0.3 is 0 Å². The molecule has 1 aliphatic heterocycles. The molecule has 35 heavy (non-hydrogen) atoms. The van der Waals surface area contributed by atoms with E-state index in [0.717, 1.165) is 31.9 Å². The van der Waals surface area contributed by atoms with E-state index in [1.54, 1.807) is 36.7 Å². The van der Waals surface area contributed by atoms with Crippen molar-refractivity contribution in [1.82, 2.24) is 19.9 Å². The topological polar surface area (TPSA) is 97.5 Å². The first-order chi connectivity index (χ1) is 16.9. The molecule has 0 aliphatic carbocycles. The Morgan fingerprint density at radius 1 is 1.06 bits per heavy atom. The van der Waals surface area contributed by atoms with E-state index in [1.165, 1.54) is 19.3 Å². The fraction of sp³-hybridized carbons (Fsp3) is 0.385. The number of nitrogens with one attached hydrogen (secondary N) is 2. The van der Waals surface area contributed by atoms with Crippen molar-refractivity contribution < 1.29 is 4.79 Å². The molecule has 1 amide bonds. The summed E-state index contributed by atoms with van der Waals surface area (Å²) in [6, 6.07) is 11.0. The lowest BCUT2D eigenvalue weighted by molar-refractivity contribution is 0.102. The second-order valence-electron chi connectivity index (χ2n) is 9.15. The summed E-state index contributed by atoms with van der Waals surface area (Å²) >= 11 is 0. The first kappa shape index (κ1) is 24.4. The van der Waals surface area contributed by atoms with Gasteiger partial charge in [-0.1, -0.05) is 0 Å². The molecule has 0 bridgehead atoms. The van der Waals surface area contributed by atoms with Crippen LogP contribution < -0.4 is 20.7 Å². The lowest BCUT2D eigenvalue weighted by Gasteiger charge is -2.28. The van der Waals surface area contributed by atoms with Crippen molar-refractivity contribution >= 4 is 23.2 Å². The molecule has 0 saturated carbocycles. The summed E-state index contributed by atoms with van der Waals surface area (Å²) < 4.78 is 0. The van der Waals surface area contributed by atoms with E-state index >= 15 is 0 Å². The molecule has 2 N–H and O–H groups in total. The molecule has 4 rings (SSSR count). The van der Waals surface area contributed by atoms with Crippen LogP contribution in [0.4, 0.5) is 17.3 Å². The van der Waals surface area contributed by atoms with Crippen molar-refractivity contribution in [3.05, 3.63) is 64.7 Å². The summed E-state index contributed by atoms with van der Waals surface area (Å²) in [6.07, 6.45) is 6.95. The van der Waals surface area contributed by atoms with E-state index in [4.69, 9.17) is 0 Å². The number of amides is 1. The highest BCUT2D eigenvalue weighted by molar-refractivity contribution is 6.04. The van der Waals surface area contributed by atoms with Gasteiger partial charge < -0.3 is 25.0 Å². The smallest absolute Gasteiger partial charge is 0.271 e. The standard InChI is InChI=1S/C26H33N7O2/c1-31(2)15-16-32(3)26-27-12-11-22(30-26)20-17-23(25(35)28-18-20)29-24(34)19-7-9-21(10-8-19)33-13-5-4-6-14-33/h7-12,17-18H,4-6,13-16H2,1-3H3,(H,28,35)(H,29,34). The molecule has 1 aromatic carbocycles. The fourth-order valence-corrected chi connectivity index (χ4v) is 4.04. The van der Waals surface area contributed by atoms with Gasteiger partial charge in [0.2, 0.25) is 5.95 Å². The Morgan fingerprint density at radius 3 is 2.51 bits per heavy atom. The molecule has 0 radical (unpaired) electrons. The maximum Gasteiger partial charge on any atom is 0.271 e. The first-order valence-corrected chi connectivity index (χ1v) is 12.0. The Kier molecular flexibility index (Phi) is 7.77. The summed E-state index contributed by atoms with van der Waals surface area (Å²) in [5, 5.41) is 2.75. The minimum atomic E-state index is -0.371. The number of hydrogen-bond donors (Lipinski definition) is 2. The molecule has 184 valence electrons. The Labute approximate surface area is 205 Å². The van der Waals surface area contributed by atoms with Gasteiger partial charge in [0, 0.05) is 62.4 Å². The Bertz CT molecular complexity index is 1200. The maximum absolute atomic E-state index is 12.9. The van der Waals surface area contributed by atoms with Gasteiger partial charge in [-0.05, 0) is 69.8 Å². The number of hydrogen-bond acceptors (Lipinski definition) is 7. The second-order valence-corrected chi connectivity index (χ2v) is 9.15. The first-order valence-electron chi connectivity index (χ1n) is 12.0. The zero-order chi connectivity index (χ0) is 24.8. The third kappa shape index (κ3) is 6.24. The molecular formula is C26H33N7O2. The molecule has 2 aromatic heterocycles. The molecule has 1 saturated heterocycles. The highest BCUT2D eigenvalue weighted by atomic mass is 16.2. The van der Waals surface area contributed by atoms with Gasteiger partial charge in [-0.25, -0.2) is 9.97 Å². The predicted octanol–water partition coefficient (Wildman–Crippen LogP) is 3.07. The molecule has 3 heterocycles. The lowest BCUT2D eigenvalue weighted by Crippen LogP contribution is -2.29. The predicted molar refractivity (Wildman–Crippen MR) is 140 cm³/mol. The summed E-state index contributed by atoms with van der Waals surface area (Å²) in [5.41, 5.74) is 2.77. The van der Waals surface area contributed by atoms with Crippen molar-refractivity contribution in [3.63, 3.8) is 0 Å². The summed E-state index contributed by atoms with van der Waals surface area (Å²) in [5.74, 6) is 0.263. The molecule has 1 fully saturated rings. The van der Waals surface area contributed by atoms with Crippen molar-refractivity contribution in [2.24, 2.45) is 0 Å². The van der Waals surface area contributed by atoms with Gasteiger partial charge in [0.05, 0.1) is 5.69 Å². The van der Waals surface area contributed by atoms with Crippen LogP contribution in [0.25, 0.3) is 11.3 Å². The van der Waals surface area contributed by atoms with E-state index in [0.29, 0.717) is 22.8 Å². The quantitative estimate of drug-likeness (QED) is 0.517. The normalized spacial score (nSPS) is 13.7. The van der Waals surface area contributed by atoms with Crippen LogP contribution in [0.2, 0.25) is 0 Å². The number of piperidine rings is 1. The minimum Gasteiger partial charge on any atom is -0.372 e. The third-order valence-corrected chi connectivity index (χ3v) is 6.16. The molecule has 0 unspecified atom stereocenters. The monoisotopic (exact) mass is 475 g/mol. The van der Waals surface area contributed by atoms with E-state index < -0.39 is 0 Å². The highest BCUT2D eigenvalue weighted by Crippen LogP contribution is 2.22. The highest BCUT2D eigenvalue weighted by Gasteiger charge is 2.14. The van der Waals surface area contributed by atoms with Gasteiger partial charge in [0.1, 0.15) is 5.69 Å². The van der Waals surface area contributed by atoms with E-state index in [-0.39, 0.29) is 17.2 Å². The molecule has 0 atom stereocenters. The van der Waals surface area contributed by atoms with E-state index in [1.807, 2.05) is 38.2 Å². The third-order valence-electron chi connectivity index (χ3n) is 6.16. The number of aromatic amines is 1. The van der Waals surface area contributed by atoms with Gasteiger partial charge in [0.25, 0.3) is 11.5 Å². The van der Waals surface area contributed by atoms with Crippen LogP contribution in [0.1, 0.15) is 29.6 Å². The van der Waals surface area contributed by atoms with E-state index in [9.17, 15) is 9.59 Å². The zero-order valence-electron chi connectivity index (χ0n) is 20.6. The molecule has 3 aromatic rings. The summed E-state index contributed by atoms with van der Waals surface area (Å²) in [6.45, 7) is 3.74. The fourth-order valence-electron chi connectivity index (χ4n) is 4.04. The average molecular weight is 476 g/mol. The number of rotatable bonds is 8. The number of carbonyl (C=O) groups is 1. The molecule has 9 nitrogen and oxygen atoms in total. The van der Waals surface area contributed by atoms with Gasteiger partial charge in [-0.15, -0.1) is 0 Å². The van der Waals surface area contributed by atoms with Crippen LogP contribution in [-0.2, 0) is 0 Å². The Morgan fingerprint density at radius 2 is 1.80 bits per heavy atom. The minimum absolute atomic E-state index is 0.175. The van der Waals surface area contributed by atoms with Gasteiger partial charge in [0.15, 0.2) is 0 Å². The van der Waals surface area contributed by atoms with Crippen molar-refractivity contribution in [2.75, 3.05) is 62.4 Å². The van der Waals surface area contributed by atoms with E-state index in [2.05, 4.69) is 30.1 Å². The van der Waals surface area contributed by atoms with Crippen LogP contribution in [0.3, 0.4) is 0 Å². The number of benzene rings is 1. The molecule has 1 aliphatic rings. The largest absolute Gasteiger partial charge is 0.372 e. The number of nitrogens with zero attached hydrogens (tertiary/aromatic N) is 5. The van der Waals surface area contributed by atoms with Crippen molar-refractivity contribution in [3.8, 4) is 11.3 Å². The number of likely N-dealkylation sites (N-methyl/N-ethyl adjacent to an activating group) is 2. The number of pyridine rings is 1. The van der Waals surface area contributed by atoms with Crippen LogP contribution in [-0.4, -0.2) is 73.1 Å². The Hall–Kier alpha value is -3.72. The van der Waals surface area contributed by atoms with Crippen molar-refractivity contribution in [1.29, 1.82) is 0 Å². The summed E-state index contributed by atoms with van der Waals surface area (Å²) in [4.78, 5) is 43.4. The van der Waals surface area contributed by atoms with Crippen LogP contribution in [0, 0.1) is 0 Å². The zero-order valence-corrected chi connectivity index (χ0v) is 20.6. The van der Waals surface area contributed by atoms with Crippen LogP contribution in [0.5, 0.6) is 0 Å². The number of anilines is 3. The Balaban J connectivity index is 1.48. The van der Waals surface area contributed by atoms with Crippen molar-refractivity contribution in [2.45, 2.75) is 19.3 Å². The lowest BCUT2D eigenvalue weighted by atomic mass is 10.1. The average Bonchev–Trinajstić information content (AvgIpc) is 2.89. The molecule has 0 spiro atoms. The van der Waals surface area contributed by atoms with Crippen LogP contribution >= 0.6 is 0 Å². The van der Waals surface area contributed by atoms with Gasteiger partial charge in [-0.2, -0.15) is 0 Å². The maximum atomic E-state index is 12.9. The number of carbonyl (C=O) groups excluding carboxylic acids is 1. The van der Waals surface area contributed by atoms with Crippen LogP contribution in [0.15, 0.2) is 53.6 Å². The molecule has 9 heteroatoms. The summed E-state index contributed by atoms with van der Waals surface area (Å²) in [7, 11) is 5.98. The van der Waals surface area contributed by atoms with Gasteiger partial charge in [-0.3, -0.25) is 9.59 Å². The number of aromatic nitrogens is 3. The molecular weight excluding hydrogens is 442 g/mol.